The molecule has 4 rings (SSSR count). The number of ether oxygens (including phenoxy) is 5. The van der Waals surface area contributed by atoms with E-state index >= 15 is 0 Å². The second-order valence-corrected chi connectivity index (χ2v) is 13.9. The molecule has 0 atom stereocenters. The molecule has 0 aliphatic heterocycles. The van der Waals surface area contributed by atoms with Crippen LogP contribution in [-0.2, 0) is 34.3 Å². The van der Waals surface area contributed by atoms with Crippen molar-refractivity contribution >= 4 is 78.7 Å². The molecule has 0 aliphatic carbocycles. The van der Waals surface area contributed by atoms with E-state index in [1.54, 1.807) is 16.4 Å². The van der Waals surface area contributed by atoms with E-state index < -0.39 is 44.1 Å². The van der Waals surface area contributed by atoms with Crippen molar-refractivity contribution in [2.45, 2.75) is 23.6 Å². The first-order valence-electron chi connectivity index (χ1n) is 13.5. The van der Waals surface area contributed by atoms with Crippen LogP contribution >= 0.6 is 22.7 Å². The van der Waals surface area contributed by atoms with Crippen LogP contribution in [0.4, 0.5) is 21.5 Å². The van der Waals surface area contributed by atoms with Crippen LogP contribution in [0.25, 0.3) is 0 Å². The second kappa shape index (κ2) is 19.0. The van der Waals surface area contributed by atoms with Gasteiger partial charge in [-0.2, -0.15) is 29.9 Å². The summed E-state index contributed by atoms with van der Waals surface area (Å²) in [5.41, 5.74) is 5.29. The number of hydrogen-bond acceptors (Lipinski definition) is 22. The summed E-state index contributed by atoms with van der Waals surface area (Å²) in [5, 5.41) is 4.94. The fourth-order valence-electron chi connectivity index (χ4n) is 3.18. The Morgan fingerprint density at radius 2 is 1.12 bits per heavy atom. The van der Waals surface area contributed by atoms with Gasteiger partial charge >= 0.3 is 36.1 Å². The second-order valence-electron chi connectivity index (χ2n) is 8.79. The van der Waals surface area contributed by atoms with E-state index in [9.17, 15) is 36.0 Å². The minimum absolute atomic E-state index is 0.0449. The number of amides is 3. The number of thiophene rings is 2. The number of nitrogens with one attached hydrogen (secondary N) is 3. The van der Waals surface area contributed by atoms with E-state index in [0.717, 1.165) is 44.0 Å². The van der Waals surface area contributed by atoms with Crippen molar-refractivity contribution in [3.8, 4) is 12.0 Å². The molecule has 0 aromatic carbocycles. The van der Waals surface area contributed by atoms with Crippen molar-refractivity contribution in [1.82, 2.24) is 39.3 Å². The van der Waals surface area contributed by atoms with Gasteiger partial charge < -0.3 is 29.4 Å². The minimum atomic E-state index is -4.30. The summed E-state index contributed by atoms with van der Waals surface area (Å²) >= 11 is 1.77. The number of methoxy groups -OCH3 is 5. The first-order chi connectivity index (χ1) is 24.4. The van der Waals surface area contributed by atoms with E-state index in [1.165, 1.54) is 44.0 Å². The molecule has 0 unspecified atom stereocenters. The van der Waals surface area contributed by atoms with Crippen LogP contribution in [-0.4, -0.2) is 106 Å². The highest BCUT2D eigenvalue weighted by molar-refractivity contribution is 7.90. The number of urea groups is 1. The van der Waals surface area contributed by atoms with E-state index in [-0.39, 0.29) is 49.3 Å². The van der Waals surface area contributed by atoms with Crippen LogP contribution in [0.2, 0.25) is 0 Å². The van der Waals surface area contributed by atoms with Gasteiger partial charge in [-0.25, -0.2) is 45.5 Å². The highest BCUT2D eigenvalue weighted by Gasteiger charge is 2.28. The van der Waals surface area contributed by atoms with Crippen LogP contribution < -0.4 is 30.0 Å². The van der Waals surface area contributed by atoms with Crippen molar-refractivity contribution in [3.05, 3.63) is 44.3 Å². The SMILES string of the molecule is COC(=O)NS(=O)(=O)c1ccsc1C(=O)OC.COC(=O)c1sccc1S(=O)(=O)NC(=O)Nc1nc(C)nc(OC)n1.COc1nc(C)nc(N)n1. The molecular weight excluding hydrogens is 777 g/mol. The molecule has 52 heavy (non-hydrogen) atoms. The number of carbonyl (C=O) groups is 4. The van der Waals surface area contributed by atoms with Crippen molar-refractivity contribution in [3.63, 3.8) is 0 Å². The number of carbonyl (C=O) groups excluding carboxylic acids is 4. The number of sulfonamides is 2. The average Bonchev–Trinajstić information content (AvgIpc) is 3.79. The topological polar surface area (TPSA) is 322 Å². The van der Waals surface area contributed by atoms with Crippen LogP contribution in [0, 0.1) is 13.8 Å². The Balaban J connectivity index is 0.000000298. The number of esters is 2. The number of rotatable bonds is 9. The zero-order valence-corrected chi connectivity index (χ0v) is 31.3. The molecule has 3 amide bonds. The van der Waals surface area contributed by atoms with E-state index in [0.29, 0.717) is 5.82 Å². The van der Waals surface area contributed by atoms with Gasteiger partial charge in [0.1, 0.15) is 31.2 Å². The molecule has 0 spiro atoms. The number of nitrogens with two attached hydrogens (primary N) is 1. The highest BCUT2D eigenvalue weighted by Crippen LogP contribution is 2.23. The number of nitrogens with zero attached hydrogens (tertiary/aromatic N) is 6. The lowest BCUT2D eigenvalue weighted by molar-refractivity contribution is 0.0593. The van der Waals surface area contributed by atoms with Crippen molar-refractivity contribution in [1.29, 1.82) is 0 Å². The van der Waals surface area contributed by atoms with Gasteiger partial charge in [-0.3, -0.25) is 5.32 Å². The number of aromatic nitrogens is 6. The predicted molar refractivity (Wildman–Crippen MR) is 180 cm³/mol. The molecule has 5 N–H and O–H groups in total. The maximum atomic E-state index is 12.3. The maximum absolute atomic E-state index is 12.3. The molecule has 0 bridgehead atoms. The first-order valence-corrected chi connectivity index (χ1v) is 18.2. The molecule has 27 heteroatoms. The number of anilines is 2. The van der Waals surface area contributed by atoms with Gasteiger partial charge in [-0.05, 0) is 36.7 Å². The monoisotopic (exact) mass is 806 g/mol. The Kier molecular flexibility index (Phi) is 15.5. The summed E-state index contributed by atoms with van der Waals surface area (Å²) in [4.78, 5) is 67.4. The fraction of sp³-hybridized carbons (Fsp3) is 0.280. The van der Waals surface area contributed by atoms with E-state index in [4.69, 9.17) is 15.2 Å². The molecule has 282 valence electrons. The molecule has 0 fully saturated rings. The lowest BCUT2D eigenvalue weighted by Crippen LogP contribution is -2.35. The third-order valence-corrected chi connectivity index (χ3v) is 10.0. The highest BCUT2D eigenvalue weighted by atomic mass is 32.2. The number of hydrogen-bond donors (Lipinski definition) is 4. The number of nitrogen functional groups attached to an aromatic ring is 1. The summed E-state index contributed by atoms with van der Waals surface area (Å²) in [7, 11) is -2.35. The zero-order valence-electron chi connectivity index (χ0n) is 28.0. The van der Waals surface area contributed by atoms with Crippen LogP contribution in [0.3, 0.4) is 0 Å². The van der Waals surface area contributed by atoms with Crippen LogP contribution in [0.5, 0.6) is 12.0 Å². The molecule has 0 saturated heterocycles. The summed E-state index contributed by atoms with van der Waals surface area (Å²) < 4.78 is 74.0. The maximum Gasteiger partial charge on any atom is 0.420 e. The molecule has 0 aliphatic rings. The van der Waals surface area contributed by atoms with Gasteiger partial charge in [-0.15, -0.1) is 22.7 Å². The zero-order chi connectivity index (χ0) is 39.2. The third-order valence-electron chi connectivity index (χ3n) is 5.27. The fourth-order valence-corrected chi connectivity index (χ4v) is 7.68. The van der Waals surface area contributed by atoms with Gasteiger partial charge in [0.2, 0.25) is 11.9 Å². The summed E-state index contributed by atoms with van der Waals surface area (Å²) in [6, 6.07) is 1.47. The smallest absolute Gasteiger partial charge is 0.420 e. The van der Waals surface area contributed by atoms with Crippen molar-refractivity contribution < 1.29 is 59.7 Å². The number of aryl methyl sites for hydroxylation is 2. The summed E-state index contributed by atoms with van der Waals surface area (Å²) in [5.74, 6) is -0.807. The third kappa shape index (κ3) is 12.2. The van der Waals surface area contributed by atoms with Gasteiger partial charge in [0.15, 0.2) is 0 Å². The Hall–Kier alpha value is -5.80. The van der Waals surface area contributed by atoms with Gasteiger partial charge in [0, 0.05) is 0 Å². The molecule has 4 heterocycles. The van der Waals surface area contributed by atoms with Crippen LogP contribution in [0.1, 0.15) is 31.0 Å². The molecule has 4 aromatic rings. The lowest BCUT2D eigenvalue weighted by Gasteiger charge is -2.08. The molecule has 4 aromatic heterocycles. The molecule has 0 saturated carbocycles. The Bertz CT molecular complexity index is 2100. The Morgan fingerprint density at radius 1 is 0.654 bits per heavy atom. The van der Waals surface area contributed by atoms with Crippen molar-refractivity contribution in [2.75, 3.05) is 46.6 Å². The lowest BCUT2D eigenvalue weighted by atomic mass is 10.5. The standard InChI is InChI=1S/C12H13N5O6S2.C8H9NO6S2.C5H8N4O/c1-6-13-10(16-12(14-6)23-3)15-11(19)17-25(20,21)7-4-5-24-8(7)9(18)22-2;1-14-7(10)6-5(3-4-16-6)17(12,13)9-8(11)15-2;1-3-7-4(6)9-5(8-3)10-2/h4-5H,1-3H3,(H2,13,14,15,16,17,19);3-4H,1-2H3,(H,9,11);1-2H3,(H2,6,7,8,9). The normalized spacial score (nSPS) is 10.5. The molecule has 0 radical (unpaired) electrons. The minimum Gasteiger partial charge on any atom is -0.467 e. The Labute approximate surface area is 303 Å². The van der Waals surface area contributed by atoms with Gasteiger partial charge in [0.25, 0.3) is 20.0 Å². The van der Waals surface area contributed by atoms with Crippen LogP contribution in [0.15, 0.2) is 32.7 Å². The van der Waals surface area contributed by atoms with Gasteiger partial charge in [-0.1, -0.05) is 0 Å². The first kappa shape index (κ1) is 42.4. The summed E-state index contributed by atoms with van der Waals surface area (Å²) in [6.45, 7) is 3.26. The quantitative estimate of drug-likeness (QED) is 0.135. The largest absolute Gasteiger partial charge is 0.467 e. The Morgan fingerprint density at radius 3 is 1.56 bits per heavy atom. The van der Waals surface area contributed by atoms with Crippen molar-refractivity contribution in [2.24, 2.45) is 0 Å². The average molecular weight is 807 g/mol. The van der Waals surface area contributed by atoms with Gasteiger partial charge in [0.05, 0.1) is 35.5 Å². The summed E-state index contributed by atoms with van der Waals surface area (Å²) in [6.07, 6.45) is -1.13. The predicted octanol–water partition coefficient (Wildman–Crippen LogP) is 0.897. The van der Waals surface area contributed by atoms with E-state index in [1.807, 2.05) is 0 Å². The molecular formula is C25H30N10O13S4. The van der Waals surface area contributed by atoms with E-state index in [2.05, 4.69) is 49.4 Å². The molecule has 23 nitrogen and oxygen atoms in total.